The predicted octanol–water partition coefficient (Wildman–Crippen LogP) is 3.89. The van der Waals surface area contributed by atoms with Gasteiger partial charge in [-0.2, -0.15) is 4.98 Å². The van der Waals surface area contributed by atoms with E-state index in [9.17, 15) is 9.18 Å². The van der Waals surface area contributed by atoms with Gasteiger partial charge in [-0.05, 0) is 36.4 Å². The lowest BCUT2D eigenvalue weighted by Crippen LogP contribution is -2.05. The van der Waals surface area contributed by atoms with Crippen molar-refractivity contribution in [1.29, 1.82) is 0 Å². The molecule has 0 atom stereocenters. The van der Waals surface area contributed by atoms with E-state index in [4.69, 9.17) is 20.9 Å². The van der Waals surface area contributed by atoms with Gasteiger partial charge in [0.1, 0.15) is 5.82 Å². The zero-order valence-electron chi connectivity index (χ0n) is 11.7. The van der Waals surface area contributed by atoms with Crippen LogP contribution in [0.25, 0.3) is 11.4 Å². The van der Waals surface area contributed by atoms with Gasteiger partial charge in [-0.1, -0.05) is 28.9 Å². The van der Waals surface area contributed by atoms with Crippen molar-refractivity contribution in [2.75, 3.05) is 0 Å². The minimum atomic E-state index is -0.604. The Morgan fingerprint density at radius 1 is 1.22 bits per heavy atom. The Bertz CT molecular complexity index is 833. The van der Waals surface area contributed by atoms with Crippen molar-refractivity contribution in [2.24, 2.45) is 0 Å². The molecule has 0 unspecified atom stereocenters. The number of halogens is 2. The van der Waals surface area contributed by atoms with Crippen LogP contribution in [0.1, 0.15) is 16.2 Å². The zero-order chi connectivity index (χ0) is 16.2. The molecule has 0 aliphatic rings. The molecule has 3 rings (SSSR count). The molecule has 23 heavy (non-hydrogen) atoms. The number of esters is 1. The van der Waals surface area contributed by atoms with Gasteiger partial charge in [0.15, 0.2) is 6.61 Å². The Morgan fingerprint density at radius 2 is 2.00 bits per heavy atom. The largest absolute Gasteiger partial charge is 0.452 e. The van der Waals surface area contributed by atoms with Gasteiger partial charge in [0.2, 0.25) is 5.82 Å². The molecular weight excluding hydrogens is 323 g/mol. The number of nitrogens with zero attached hydrogens (tertiary/aromatic N) is 2. The number of hydrogen-bond donors (Lipinski definition) is 0. The maximum Gasteiger partial charge on any atom is 0.338 e. The van der Waals surface area contributed by atoms with Gasteiger partial charge in [-0.15, -0.1) is 0 Å². The molecule has 0 radical (unpaired) electrons. The minimum Gasteiger partial charge on any atom is -0.452 e. The van der Waals surface area contributed by atoms with Crippen LogP contribution < -0.4 is 0 Å². The van der Waals surface area contributed by atoms with E-state index in [-0.39, 0.29) is 18.1 Å². The van der Waals surface area contributed by atoms with E-state index in [1.54, 1.807) is 24.3 Å². The van der Waals surface area contributed by atoms with Crippen molar-refractivity contribution in [3.63, 3.8) is 0 Å². The fraction of sp³-hybridized carbons (Fsp3) is 0.0625. The second-order valence-electron chi connectivity index (χ2n) is 4.61. The summed E-state index contributed by atoms with van der Waals surface area (Å²) < 4.78 is 22.9. The van der Waals surface area contributed by atoms with Crippen molar-refractivity contribution in [1.82, 2.24) is 10.1 Å². The normalized spacial score (nSPS) is 10.5. The maximum absolute atomic E-state index is 12.8. The van der Waals surface area contributed by atoms with Gasteiger partial charge in [-0.25, -0.2) is 9.18 Å². The lowest BCUT2D eigenvalue weighted by Gasteiger charge is -2.01. The van der Waals surface area contributed by atoms with Gasteiger partial charge in [-0.3, -0.25) is 0 Å². The second-order valence-corrected chi connectivity index (χ2v) is 5.04. The van der Waals surface area contributed by atoms with Crippen LogP contribution >= 0.6 is 11.6 Å². The molecule has 0 aliphatic carbocycles. The third-order valence-corrected chi connectivity index (χ3v) is 3.19. The van der Waals surface area contributed by atoms with Gasteiger partial charge in [0, 0.05) is 10.6 Å². The highest BCUT2D eigenvalue weighted by molar-refractivity contribution is 6.30. The zero-order valence-corrected chi connectivity index (χ0v) is 12.5. The molecule has 5 nitrogen and oxygen atoms in total. The molecule has 0 saturated heterocycles. The first-order valence-electron chi connectivity index (χ1n) is 6.63. The number of aromatic nitrogens is 2. The molecule has 0 saturated carbocycles. The Labute approximate surface area is 135 Å². The van der Waals surface area contributed by atoms with Crippen molar-refractivity contribution in [3.05, 3.63) is 70.8 Å². The molecule has 0 spiro atoms. The smallest absolute Gasteiger partial charge is 0.338 e. The second kappa shape index (κ2) is 6.58. The van der Waals surface area contributed by atoms with Crippen molar-refractivity contribution in [2.45, 2.75) is 6.61 Å². The van der Waals surface area contributed by atoms with E-state index >= 15 is 0 Å². The molecule has 116 valence electrons. The van der Waals surface area contributed by atoms with Gasteiger partial charge >= 0.3 is 5.97 Å². The van der Waals surface area contributed by atoms with E-state index < -0.39 is 11.8 Å². The molecule has 7 heteroatoms. The fourth-order valence-electron chi connectivity index (χ4n) is 1.85. The number of hydrogen-bond acceptors (Lipinski definition) is 5. The third kappa shape index (κ3) is 3.73. The molecule has 1 heterocycles. The SMILES string of the molecule is O=C(OCc1nc(-c2cccc(Cl)c2)no1)c1ccc(F)cc1. The highest BCUT2D eigenvalue weighted by atomic mass is 35.5. The molecule has 0 aliphatic heterocycles. The van der Waals surface area contributed by atoms with Crippen LogP contribution in [0.15, 0.2) is 53.1 Å². The first-order valence-corrected chi connectivity index (χ1v) is 7.01. The quantitative estimate of drug-likeness (QED) is 0.678. The van der Waals surface area contributed by atoms with E-state index in [0.717, 1.165) is 0 Å². The van der Waals surface area contributed by atoms with Crippen LogP contribution in [-0.2, 0) is 11.3 Å². The molecule has 0 amide bonds. The predicted molar refractivity (Wildman–Crippen MR) is 80.3 cm³/mol. The molecular formula is C16H10ClFN2O3. The number of benzene rings is 2. The standard InChI is InChI=1S/C16H10ClFN2O3/c17-12-3-1-2-11(8-12)15-19-14(23-20-15)9-22-16(21)10-4-6-13(18)7-5-10/h1-8H,9H2. The van der Waals surface area contributed by atoms with Gasteiger partial charge < -0.3 is 9.26 Å². The first kappa shape index (κ1) is 15.2. The van der Waals surface area contributed by atoms with E-state index in [0.29, 0.717) is 16.4 Å². The Kier molecular flexibility index (Phi) is 4.34. The van der Waals surface area contributed by atoms with Gasteiger partial charge in [0.05, 0.1) is 5.56 Å². The summed E-state index contributed by atoms with van der Waals surface area (Å²) in [5.74, 6) is -0.534. The highest BCUT2D eigenvalue weighted by Gasteiger charge is 2.12. The summed E-state index contributed by atoms with van der Waals surface area (Å²) in [5, 5.41) is 4.36. The average Bonchev–Trinajstić information content (AvgIpc) is 3.02. The lowest BCUT2D eigenvalue weighted by molar-refractivity contribution is 0.0430. The van der Waals surface area contributed by atoms with E-state index in [2.05, 4.69) is 10.1 Å². The first-order chi connectivity index (χ1) is 11.1. The van der Waals surface area contributed by atoms with Crippen molar-refractivity contribution >= 4 is 17.6 Å². The number of carbonyl (C=O) groups excluding carboxylic acids is 1. The molecule has 3 aromatic rings. The van der Waals surface area contributed by atoms with E-state index in [1.807, 2.05) is 0 Å². The van der Waals surface area contributed by atoms with Crippen LogP contribution in [0, 0.1) is 5.82 Å². The topological polar surface area (TPSA) is 65.2 Å². The van der Waals surface area contributed by atoms with Crippen LogP contribution in [0.3, 0.4) is 0 Å². The summed E-state index contributed by atoms with van der Waals surface area (Å²) >= 11 is 5.90. The number of rotatable bonds is 4. The van der Waals surface area contributed by atoms with Crippen LogP contribution in [0.4, 0.5) is 4.39 Å². The molecule has 0 bridgehead atoms. The molecule has 1 aromatic heterocycles. The summed E-state index contributed by atoms with van der Waals surface area (Å²) in [7, 11) is 0. The Morgan fingerprint density at radius 3 is 2.74 bits per heavy atom. The summed E-state index contributed by atoms with van der Waals surface area (Å²) in [6.07, 6.45) is 0. The van der Waals surface area contributed by atoms with Gasteiger partial charge in [0.25, 0.3) is 5.89 Å². The van der Waals surface area contributed by atoms with E-state index in [1.165, 1.54) is 24.3 Å². The molecule has 2 aromatic carbocycles. The highest BCUT2D eigenvalue weighted by Crippen LogP contribution is 2.20. The van der Waals surface area contributed by atoms with Crippen LogP contribution in [-0.4, -0.2) is 16.1 Å². The number of carbonyl (C=O) groups is 1. The van der Waals surface area contributed by atoms with Crippen LogP contribution in [0.2, 0.25) is 5.02 Å². The fourth-order valence-corrected chi connectivity index (χ4v) is 2.05. The average molecular weight is 333 g/mol. The maximum atomic E-state index is 12.8. The third-order valence-electron chi connectivity index (χ3n) is 2.96. The monoisotopic (exact) mass is 332 g/mol. The summed E-state index contributed by atoms with van der Waals surface area (Å²) in [5.41, 5.74) is 0.929. The number of ether oxygens (including phenoxy) is 1. The Hall–Kier alpha value is -2.73. The lowest BCUT2D eigenvalue weighted by atomic mass is 10.2. The van der Waals surface area contributed by atoms with Crippen molar-refractivity contribution < 1.29 is 18.4 Å². The van der Waals surface area contributed by atoms with Crippen LogP contribution in [0.5, 0.6) is 0 Å². The molecule has 0 fully saturated rings. The summed E-state index contributed by atoms with van der Waals surface area (Å²) in [4.78, 5) is 15.9. The molecule has 0 N–H and O–H groups in total. The minimum absolute atomic E-state index is 0.149. The Balaban J connectivity index is 1.65. The summed E-state index contributed by atoms with van der Waals surface area (Å²) in [6, 6.07) is 12.0. The summed E-state index contributed by atoms with van der Waals surface area (Å²) in [6.45, 7) is -0.177. The van der Waals surface area contributed by atoms with Crippen molar-refractivity contribution in [3.8, 4) is 11.4 Å².